The molecule has 1 heterocycles. The number of benzene rings is 1. The first kappa shape index (κ1) is 11.3. The number of hydrogen-bond donors (Lipinski definition) is 1. The average molecular weight is 219 g/mol. The van der Waals surface area contributed by atoms with Crippen LogP contribution in [0.3, 0.4) is 0 Å². The molecule has 0 aliphatic carbocycles. The highest BCUT2D eigenvalue weighted by molar-refractivity contribution is 5.67. The van der Waals surface area contributed by atoms with Gasteiger partial charge in [-0.05, 0) is 62.0 Å². The van der Waals surface area contributed by atoms with Crippen LogP contribution in [0.5, 0.6) is 0 Å². The number of rotatable bonds is 2. The Bertz CT molecular complexity index is 361. The quantitative estimate of drug-likeness (QED) is 0.805. The fourth-order valence-corrected chi connectivity index (χ4v) is 2.41. The molecule has 1 aromatic rings. The predicted molar refractivity (Wildman–Crippen MR) is 65.6 cm³/mol. The zero-order chi connectivity index (χ0) is 11.4. The lowest BCUT2D eigenvalue weighted by atomic mass is 9.85. The van der Waals surface area contributed by atoms with Gasteiger partial charge in [-0.2, -0.15) is 0 Å². The van der Waals surface area contributed by atoms with Gasteiger partial charge in [-0.1, -0.05) is 18.2 Å². The van der Waals surface area contributed by atoms with Crippen LogP contribution in [-0.2, 0) is 0 Å². The van der Waals surface area contributed by atoms with Gasteiger partial charge in [0.25, 0.3) is 0 Å². The van der Waals surface area contributed by atoms with Gasteiger partial charge in [-0.15, -0.1) is 0 Å². The Balaban J connectivity index is 2.18. The van der Waals surface area contributed by atoms with Crippen LogP contribution in [-0.4, -0.2) is 13.1 Å². The van der Waals surface area contributed by atoms with E-state index in [2.05, 4.69) is 18.3 Å². The summed E-state index contributed by atoms with van der Waals surface area (Å²) in [7, 11) is 0. The minimum Gasteiger partial charge on any atom is -0.317 e. The topological polar surface area (TPSA) is 12.0 Å². The molecule has 1 nitrogen and oxygen atoms in total. The second kappa shape index (κ2) is 5.26. The van der Waals surface area contributed by atoms with Crippen LogP contribution >= 0.6 is 0 Å². The summed E-state index contributed by atoms with van der Waals surface area (Å²) < 4.78 is 12.9. The van der Waals surface area contributed by atoms with Crippen molar-refractivity contribution >= 4 is 5.57 Å². The Morgan fingerprint density at radius 3 is 2.44 bits per heavy atom. The van der Waals surface area contributed by atoms with Crippen molar-refractivity contribution in [2.75, 3.05) is 13.1 Å². The summed E-state index contributed by atoms with van der Waals surface area (Å²) in [6, 6.07) is 6.85. The fraction of sp³-hybridized carbons (Fsp3) is 0.429. The first-order valence-corrected chi connectivity index (χ1v) is 5.94. The van der Waals surface area contributed by atoms with Crippen molar-refractivity contribution in [2.24, 2.45) is 5.92 Å². The second-order valence-electron chi connectivity index (χ2n) is 4.28. The molecular weight excluding hydrogens is 201 g/mol. The fourth-order valence-electron chi connectivity index (χ4n) is 2.41. The monoisotopic (exact) mass is 219 g/mol. The molecule has 1 fully saturated rings. The van der Waals surface area contributed by atoms with Gasteiger partial charge < -0.3 is 5.32 Å². The minimum atomic E-state index is -0.162. The second-order valence-corrected chi connectivity index (χ2v) is 4.28. The highest BCUT2D eigenvalue weighted by Crippen LogP contribution is 2.29. The number of nitrogens with one attached hydrogen (secondary N) is 1. The Labute approximate surface area is 96.4 Å². The van der Waals surface area contributed by atoms with E-state index in [1.807, 2.05) is 12.1 Å². The van der Waals surface area contributed by atoms with Gasteiger partial charge in [0.05, 0.1) is 0 Å². The molecule has 2 rings (SSSR count). The van der Waals surface area contributed by atoms with E-state index in [1.54, 1.807) is 12.1 Å². The van der Waals surface area contributed by atoms with Gasteiger partial charge in [0.2, 0.25) is 0 Å². The number of piperidine rings is 1. The molecule has 1 aliphatic heterocycles. The van der Waals surface area contributed by atoms with Crippen LogP contribution in [0.15, 0.2) is 30.3 Å². The summed E-state index contributed by atoms with van der Waals surface area (Å²) in [6.45, 7) is 4.24. The summed E-state index contributed by atoms with van der Waals surface area (Å²) in [5, 5.41) is 3.37. The first-order valence-electron chi connectivity index (χ1n) is 5.94. The zero-order valence-corrected chi connectivity index (χ0v) is 9.67. The van der Waals surface area contributed by atoms with E-state index in [9.17, 15) is 4.39 Å². The molecule has 1 aliphatic rings. The van der Waals surface area contributed by atoms with Gasteiger partial charge in [0.15, 0.2) is 0 Å². The minimum absolute atomic E-state index is 0.162. The maximum atomic E-state index is 12.9. The molecule has 0 radical (unpaired) electrons. The summed E-state index contributed by atoms with van der Waals surface area (Å²) in [5.41, 5.74) is 2.53. The molecule has 1 aromatic carbocycles. The molecule has 0 bridgehead atoms. The molecular formula is C14H18FN. The normalized spacial score (nSPS) is 18.8. The van der Waals surface area contributed by atoms with Crippen molar-refractivity contribution in [3.63, 3.8) is 0 Å². The lowest BCUT2D eigenvalue weighted by molar-refractivity contribution is 0.446. The maximum Gasteiger partial charge on any atom is 0.123 e. The molecule has 0 unspecified atom stereocenters. The Morgan fingerprint density at radius 2 is 1.88 bits per heavy atom. The van der Waals surface area contributed by atoms with Crippen LogP contribution in [0.4, 0.5) is 4.39 Å². The molecule has 0 amide bonds. The molecule has 1 saturated heterocycles. The highest BCUT2D eigenvalue weighted by Gasteiger charge is 2.17. The van der Waals surface area contributed by atoms with Gasteiger partial charge >= 0.3 is 0 Å². The Hall–Kier alpha value is -1.15. The molecule has 0 spiro atoms. The van der Waals surface area contributed by atoms with E-state index >= 15 is 0 Å². The molecule has 0 saturated carbocycles. The number of hydrogen-bond acceptors (Lipinski definition) is 1. The van der Waals surface area contributed by atoms with Crippen molar-refractivity contribution in [2.45, 2.75) is 19.8 Å². The maximum absolute atomic E-state index is 12.9. The van der Waals surface area contributed by atoms with E-state index in [-0.39, 0.29) is 5.82 Å². The van der Waals surface area contributed by atoms with Crippen LogP contribution in [0.1, 0.15) is 25.3 Å². The van der Waals surface area contributed by atoms with Gasteiger partial charge in [-0.3, -0.25) is 0 Å². The van der Waals surface area contributed by atoms with E-state index < -0.39 is 0 Å². The molecule has 0 atom stereocenters. The van der Waals surface area contributed by atoms with Crippen LogP contribution in [0.2, 0.25) is 0 Å². The predicted octanol–water partition coefficient (Wildman–Crippen LogP) is 3.23. The number of halogens is 1. The average Bonchev–Trinajstić information content (AvgIpc) is 2.34. The SMILES string of the molecule is C/C=C(\c1ccc(F)cc1)C1CCNCC1. The van der Waals surface area contributed by atoms with E-state index in [0.717, 1.165) is 18.7 Å². The third-order valence-electron chi connectivity index (χ3n) is 3.27. The molecule has 0 aromatic heterocycles. The van der Waals surface area contributed by atoms with Gasteiger partial charge in [0, 0.05) is 0 Å². The molecule has 86 valence electrons. The lowest BCUT2D eigenvalue weighted by Crippen LogP contribution is -2.28. The summed E-state index contributed by atoms with van der Waals surface area (Å²) in [6.07, 6.45) is 4.53. The third kappa shape index (κ3) is 2.50. The summed E-state index contributed by atoms with van der Waals surface area (Å²) in [4.78, 5) is 0. The standard InChI is InChI=1S/C14H18FN/c1-2-14(12-7-9-16-10-8-12)11-3-5-13(15)6-4-11/h2-6,12,16H,7-10H2,1H3/b14-2+. The van der Waals surface area contributed by atoms with E-state index in [4.69, 9.17) is 0 Å². The largest absolute Gasteiger partial charge is 0.317 e. The van der Waals surface area contributed by atoms with Crippen molar-refractivity contribution in [1.82, 2.24) is 5.32 Å². The van der Waals surface area contributed by atoms with Crippen molar-refractivity contribution in [1.29, 1.82) is 0 Å². The Morgan fingerprint density at radius 1 is 1.25 bits per heavy atom. The third-order valence-corrected chi connectivity index (χ3v) is 3.27. The number of allylic oxidation sites excluding steroid dienone is 2. The van der Waals surface area contributed by atoms with Crippen molar-refractivity contribution < 1.29 is 4.39 Å². The molecule has 1 N–H and O–H groups in total. The molecule has 2 heteroatoms. The van der Waals surface area contributed by atoms with E-state index in [0.29, 0.717) is 5.92 Å². The zero-order valence-electron chi connectivity index (χ0n) is 9.67. The van der Waals surface area contributed by atoms with Gasteiger partial charge in [0.1, 0.15) is 5.82 Å². The van der Waals surface area contributed by atoms with Gasteiger partial charge in [-0.25, -0.2) is 4.39 Å². The van der Waals surface area contributed by atoms with Crippen LogP contribution in [0.25, 0.3) is 5.57 Å². The first-order chi connectivity index (χ1) is 7.81. The summed E-state index contributed by atoms with van der Waals surface area (Å²) in [5.74, 6) is 0.459. The van der Waals surface area contributed by atoms with E-state index in [1.165, 1.54) is 18.4 Å². The van der Waals surface area contributed by atoms with Crippen molar-refractivity contribution in [3.8, 4) is 0 Å². The smallest absolute Gasteiger partial charge is 0.123 e. The van der Waals surface area contributed by atoms with Crippen molar-refractivity contribution in [3.05, 3.63) is 41.7 Å². The Kier molecular flexibility index (Phi) is 3.73. The highest BCUT2D eigenvalue weighted by atomic mass is 19.1. The lowest BCUT2D eigenvalue weighted by Gasteiger charge is -2.25. The molecule has 16 heavy (non-hydrogen) atoms. The summed E-state index contributed by atoms with van der Waals surface area (Å²) >= 11 is 0. The van der Waals surface area contributed by atoms with Crippen LogP contribution < -0.4 is 5.32 Å². The van der Waals surface area contributed by atoms with Crippen LogP contribution in [0, 0.1) is 11.7 Å².